The first-order valence-corrected chi connectivity index (χ1v) is 5.01. The van der Waals surface area contributed by atoms with Gasteiger partial charge in [-0.3, -0.25) is 4.79 Å². The third kappa shape index (κ3) is 2.42. The van der Waals surface area contributed by atoms with Crippen LogP contribution in [0.1, 0.15) is 10.4 Å². The van der Waals surface area contributed by atoms with E-state index in [4.69, 9.17) is 11.6 Å². The lowest BCUT2D eigenvalue weighted by atomic mass is 10.2. The van der Waals surface area contributed by atoms with Crippen molar-refractivity contribution in [2.75, 3.05) is 0 Å². The number of hydrogen-bond acceptors (Lipinski definition) is 1. The first-order chi connectivity index (χ1) is 5.11. The molecule has 0 aliphatic rings. The fraction of sp³-hybridized carbons (Fsp3) is 0. The van der Waals surface area contributed by atoms with Crippen LogP contribution in [0.4, 0.5) is 0 Å². The molecule has 0 saturated heterocycles. The molecule has 0 aliphatic heterocycles. The van der Waals surface area contributed by atoms with Crippen LogP contribution in [0.5, 0.6) is 0 Å². The van der Waals surface area contributed by atoms with Gasteiger partial charge in [0.25, 0.3) is 5.24 Å². The van der Waals surface area contributed by atoms with Gasteiger partial charge in [0.15, 0.2) is 0 Å². The minimum absolute atomic E-state index is 0.429. The molecule has 1 aromatic carbocycles. The van der Waals surface area contributed by atoms with Crippen molar-refractivity contribution in [2.45, 2.75) is 0 Å². The Balaban J connectivity index is 3.15. The number of carbonyl (C=O) groups excluding carboxylic acids is 1. The number of hydrogen-bond donors (Lipinski definition) is 0. The van der Waals surface area contributed by atoms with E-state index in [1.165, 1.54) is 0 Å². The molecule has 0 amide bonds. The van der Waals surface area contributed by atoms with Gasteiger partial charge >= 0.3 is 0 Å². The van der Waals surface area contributed by atoms with Crippen LogP contribution in [0.25, 0.3) is 0 Å². The molecule has 0 N–H and O–H groups in total. The predicted molar refractivity (Wildman–Crippen MR) is 57.0 cm³/mol. The fourth-order valence-corrected chi connectivity index (χ4v) is 1.45. The molecule has 1 rings (SSSR count). The quantitative estimate of drug-likeness (QED) is 0.563. The Morgan fingerprint density at radius 1 is 1.55 bits per heavy atom. The SMILES string of the molecule is O=C(Cl)c1ccc(I)c(Br)c1. The van der Waals surface area contributed by atoms with Gasteiger partial charge in [-0.15, -0.1) is 0 Å². The molecule has 11 heavy (non-hydrogen) atoms. The van der Waals surface area contributed by atoms with Crippen LogP contribution in [-0.2, 0) is 0 Å². The van der Waals surface area contributed by atoms with Crippen LogP contribution in [0.3, 0.4) is 0 Å². The summed E-state index contributed by atoms with van der Waals surface area (Å²) in [4.78, 5) is 10.7. The lowest BCUT2D eigenvalue weighted by molar-refractivity contribution is 0.108. The van der Waals surface area contributed by atoms with Gasteiger partial charge in [0, 0.05) is 13.6 Å². The van der Waals surface area contributed by atoms with Crippen LogP contribution in [0, 0.1) is 3.57 Å². The van der Waals surface area contributed by atoms with E-state index in [9.17, 15) is 4.79 Å². The molecule has 1 aromatic rings. The maximum atomic E-state index is 10.7. The van der Waals surface area contributed by atoms with Crippen LogP contribution < -0.4 is 0 Å². The number of rotatable bonds is 1. The summed E-state index contributed by atoms with van der Waals surface area (Å²) in [6.45, 7) is 0. The van der Waals surface area contributed by atoms with Crippen molar-refractivity contribution in [3.63, 3.8) is 0 Å². The highest BCUT2D eigenvalue weighted by atomic mass is 127. The largest absolute Gasteiger partial charge is 0.276 e. The van der Waals surface area contributed by atoms with Gasteiger partial charge < -0.3 is 0 Å². The average molecular weight is 345 g/mol. The van der Waals surface area contributed by atoms with Crippen LogP contribution in [0.15, 0.2) is 22.7 Å². The third-order valence-electron chi connectivity index (χ3n) is 1.15. The van der Waals surface area contributed by atoms with Crippen LogP contribution in [-0.4, -0.2) is 5.24 Å². The van der Waals surface area contributed by atoms with E-state index in [2.05, 4.69) is 38.5 Å². The van der Waals surface area contributed by atoms with E-state index in [0.717, 1.165) is 8.04 Å². The average Bonchev–Trinajstić information content (AvgIpc) is 1.94. The van der Waals surface area contributed by atoms with Gasteiger partial charge in [-0.2, -0.15) is 0 Å². The highest BCUT2D eigenvalue weighted by Crippen LogP contribution is 2.20. The second-order valence-corrected chi connectivity index (χ2v) is 4.26. The van der Waals surface area contributed by atoms with Crippen molar-refractivity contribution in [1.29, 1.82) is 0 Å². The van der Waals surface area contributed by atoms with Crippen LogP contribution in [0.2, 0.25) is 0 Å². The minimum atomic E-state index is -0.429. The Kier molecular flexibility index (Phi) is 3.33. The smallest absolute Gasteiger partial charge is 0.252 e. The van der Waals surface area contributed by atoms with Gasteiger partial charge in [0.2, 0.25) is 0 Å². The lowest BCUT2D eigenvalue weighted by Gasteiger charge is -1.96. The molecule has 0 radical (unpaired) electrons. The van der Waals surface area contributed by atoms with Crippen molar-refractivity contribution in [1.82, 2.24) is 0 Å². The Morgan fingerprint density at radius 2 is 2.18 bits per heavy atom. The zero-order valence-corrected chi connectivity index (χ0v) is 9.77. The van der Waals surface area contributed by atoms with E-state index in [1.807, 2.05) is 6.07 Å². The molecule has 0 atom stereocenters. The van der Waals surface area contributed by atoms with Crippen molar-refractivity contribution in [3.8, 4) is 0 Å². The van der Waals surface area contributed by atoms with E-state index in [0.29, 0.717) is 5.56 Å². The Hall–Kier alpha value is 0.390. The first kappa shape index (κ1) is 9.48. The molecule has 58 valence electrons. The fourth-order valence-electron chi connectivity index (χ4n) is 0.618. The second-order valence-electron chi connectivity index (χ2n) is 1.90. The number of carbonyl (C=O) groups is 1. The maximum absolute atomic E-state index is 10.7. The zero-order valence-electron chi connectivity index (χ0n) is 5.27. The lowest BCUT2D eigenvalue weighted by Crippen LogP contribution is -1.88. The van der Waals surface area contributed by atoms with E-state index < -0.39 is 5.24 Å². The van der Waals surface area contributed by atoms with Gasteiger partial charge in [-0.1, -0.05) is 0 Å². The summed E-state index contributed by atoms with van der Waals surface area (Å²) in [5.74, 6) is 0. The summed E-state index contributed by atoms with van der Waals surface area (Å²) in [7, 11) is 0. The molecular weight excluding hydrogens is 342 g/mol. The molecule has 0 unspecified atom stereocenters. The standard InChI is InChI=1S/C7H3BrClIO/c8-5-3-4(7(9)11)1-2-6(5)10/h1-3H. The molecule has 0 fully saturated rings. The summed E-state index contributed by atoms with van der Waals surface area (Å²) in [5, 5.41) is -0.429. The van der Waals surface area contributed by atoms with Crippen LogP contribution >= 0.6 is 50.1 Å². The summed E-state index contributed by atoms with van der Waals surface area (Å²) >= 11 is 10.7. The molecule has 4 heteroatoms. The molecule has 1 nitrogen and oxygen atoms in total. The van der Waals surface area contributed by atoms with Gasteiger partial charge in [-0.25, -0.2) is 0 Å². The third-order valence-corrected chi connectivity index (χ3v) is 3.70. The maximum Gasteiger partial charge on any atom is 0.252 e. The summed E-state index contributed by atoms with van der Waals surface area (Å²) in [5.41, 5.74) is 0.513. The summed E-state index contributed by atoms with van der Waals surface area (Å²) in [6.07, 6.45) is 0. The van der Waals surface area contributed by atoms with Gasteiger partial charge in [-0.05, 0) is 68.3 Å². The van der Waals surface area contributed by atoms with E-state index in [1.54, 1.807) is 12.1 Å². The van der Waals surface area contributed by atoms with E-state index in [-0.39, 0.29) is 0 Å². The highest BCUT2D eigenvalue weighted by molar-refractivity contribution is 14.1. The second kappa shape index (κ2) is 3.87. The molecular formula is C7H3BrClIO. The molecule has 0 spiro atoms. The highest BCUT2D eigenvalue weighted by Gasteiger charge is 2.03. The first-order valence-electron chi connectivity index (χ1n) is 2.76. The Morgan fingerprint density at radius 3 is 2.64 bits per heavy atom. The Labute approximate surface area is 91.4 Å². The topological polar surface area (TPSA) is 17.1 Å². The normalized spacial score (nSPS) is 9.73. The molecule has 0 bridgehead atoms. The van der Waals surface area contributed by atoms with Crippen molar-refractivity contribution in [3.05, 3.63) is 31.8 Å². The predicted octanol–water partition coefficient (Wildman–Crippen LogP) is 3.43. The number of benzene rings is 1. The molecule has 0 heterocycles. The van der Waals surface area contributed by atoms with Crippen molar-refractivity contribution in [2.24, 2.45) is 0 Å². The van der Waals surface area contributed by atoms with Crippen molar-refractivity contribution < 1.29 is 4.79 Å². The van der Waals surface area contributed by atoms with Crippen molar-refractivity contribution >= 4 is 55.4 Å². The number of halogens is 3. The minimum Gasteiger partial charge on any atom is -0.276 e. The Bertz CT molecular complexity index is 300. The molecule has 0 aliphatic carbocycles. The summed E-state index contributed by atoms with van der Waals surface area (Å²) < 4.78 is 1.95. The zero-order chi connectivity index (χ0) is 8.43. The summed E-state index contributed by atoms with van der Waals surface area (Å²) in [6, 6.07) is 5.24. The van der Waals surface area contributed by atoms with Gasteiger partial charge in [0.1, 0.15) is 0 Å². The molecule has 0 saturated carbocycles. The molecule has 0 aromatic heterocycles. The van der Waals surface area contributed by atoms with Gasteiger partial charge in [0.05, 0.1) is 0 Å². The monoisotopic (exact) mass is 344 g/mol. The van der Waals surface area contributed by atoms with E-state index >= 15 is 0 Å².